The number of hydrogen-bond donors (Lipinski definition) is 2. The lowest BCUT2D eigenvalue weighted by molar-refractivity contribution is -0.129. The quantitative estimate of drug-likeness (QED) is 0.767. The summed E-state index contributed by atoms with van der Waals surface area (Å²) >= 11 is 5.97. The molecule has 2 amide bonds. The van der Waals surface area contributed by atoms with Crippen LogP contribution in [0.3, 0.4) is 0 Å². The monoisotopic (exact) mass is 344 g/mol. The molecule has 0 saturated carbocycles. The highest BCUT2D eigenvalue weighted by Crippen LogP contribution is 2.14. The van der Waals surface area contributed by atoms with E-state index in [0.717, 1.165) is 5.56 Å². The lowest BCUT2D eigenvalue weighted by Crippen LogP contribution is -2.38. The minimum atomic E-state index is -3.05. The van der Waals surface area contributed by atoms with Crippen molar-refractivity contribution in [1.29, 1.82) is 0 Å². The van der Waals surface area contributed by atoms with E-state index in [1.54, 1.807) is 24.3 Å². The van der Waals surface area contributed by atoms with Crippen molar-refractivity contribution in [1.82, 2.24) is 10.6 Å². The molecule has 0 spiro atoms. The first-order valence-corrected chi connectivity index (χ1v) is 9.05. The van der Waals surface area contributed by atoms with E-state index >= 15 is 0 Å². The highest BCUT2D eigenvalue weighted by atomic mass is 35.5. The minimum Gasteiger partial charge on any atom is -0.352 e. The first-order chi connectivity index (χ1) is 10.4. The fourth-order valence-electron chi connectivity index (χ4n) is 2.23. The molecule has 2 N–H and O–H groups in total. The zero-order valence-electron chi connectivity index (χ0n) is 11.8. The van der Waals surface area contributed by atoms with Crippen molar-refractivity contribution in [2.24, 2.45) is 0 Å². The molecule has 1 fully saturated rings. The maximum atomic E-state index is 11.7. The Labute approximate surface area is 134 Å². The normalized spacial score (nSPS) is 19.6. The third-order valence-corrected chi connectivity index (χ3v) is 5.49. The van der Waals surface area contributed by atoms with Gasteiger partial charge in [-0.15, -0.1) is 0 Å². The van der Waals surface area contributed by atoms with E-state index in [2.05, 4.69) is 10.6 Å². The summed E-state index contributed by atoms with van der Waals surface area (Å²) in [4.78, 5) is 23.4. The molecule has 1 heterocycles. The summed E-state index contributed by atoms with van der Waals surface area (Å²) in [6.45, 7) is 0.240. The number of hydrogen-bond acceptors (Lipinski definition) is 4. The van der Waals surface area contributed by atoms with Gasteiger partial charge in [-0.05, 0) is 18.1 Å². The van der Waals surface area contributed by atoms with Crippen molar-refractivity contribution >= 4 is 33.3 Å². The van der Waals surface area contributed by atoms with Gasteiger partial charge in [-0.1, -0.05) is 29.8 Å². The summed E-state index contributed by atoms with van der Waals surface area (Å²) < 4.78 is 22.6. The molecule has 6 nitrogen and oxygen atoms in total. The van der Waals surface area contributed by atoms with Crippen molar-refractivity contribution < 1.29 is 18.0 Å². The summed E-state index contributed by atoms with van der Waals surface area (Å²) in [5, 5.41) is 5.72. The molecule has 1 aromatic rings. The number of nitrogens with one attached hydrogen (secondary N) is 2. The first kappa shape index (κ1) is 16.8. The molecule has 1 atom stereocenters. The van der Waals surface area contributed by atoms with Crippen LogP contribution in [0.1, 0.15) is 18.4 Å². The number of amides is 2. The van der Waals surface area contributed by atoms with Gasteiger partial charge in [-0.25, -0.2) is 8.42 Å². The molecular formula is C14H17ClN2O4S. The molecule has 1 unspecified atom stereocenters. The molecule has 0 radical (unpaired) electrons. The van der Waals surface area contributed by atoms with E-state index in [0.29, 0.717) is 11.4 Å². The molecule has 0 bridgehead atoms. The Bertz CT molecular complexity index is 675. The van der Waals surface area contributed by atoms with Crippen LogP contribution in [-0.2, 0) is 26.0 Å². The van der Waals surface area contributed by atoms with E-state index in [1.807, 2.05) is 0 Å². The van der Waals surface area contributed by atoms with Gasteiger partial charge in [0.25, 0.3) is 0 Å². The number of benzene rings is 1. The molecular weight excluding hydrogens is 328 g/mol. The zero-order valence-corrected chi connectivity index (χ0v) is 13.4. The molecule has 120 valence electrons. The number of carbonyl (C=O) groups is 2. The summed E-state index contributed by atoms with van der Waals surface area (Å²) in [5.74, 6) is -0.881. The van der Waals surface area contributed by atoms with E-state index < -0.39 is 27.7 Å². The second kappa shape index (κ2) is 7.11. The number of carbonyl (C=O) groups excluding carboxylic acids is 2. The predicted molar refractivity (Wildman–Crippen MR) is 83.1 cm³/mol. The van der Waals surface area contributed by atoms with E-state index in [4.69, 9.17) is 11.6 Å². The third kappa shape index (κ3) is 4.99. The van der Waals surface area contributed by atoms with Crippen LogP contribution in [0.4, 0.5) is 0 Å². The fourth-order valence-corrected chi connectivity index (χ4v) is 4.11. The minimum absolute atomic E-state index is 0.0556. The zero-order chi connectivity index (χ0) is 16.2. The van der Waals surface area contributed by atoms with Crippen LogP contribution in [0.25, 0.3) is 0 Å². The van der Waals surface area contributed by atoms with Crippen LogP contribution in [0.15, 0.2) is 24.3 Å². The fraction of sp³-hybridized carbons (Fsp3) is 0.429. The van der Waals surface area contributed by atoms with Crippen molar-refractivity contribution in [2.75, 3.05) is 11.5 Å². The molecule has 8 heteroatoms. The van der Waals surface area contributed by atoms with Crippen molar-refractivity contribution in [3.8, 4) is 0 Å². The Morgan fingerprint density at radius 3 is 2.59 bits per heavy atom. The lowest BCUT2D eigenvalue weighted by atomic mass is 10.2. The first-order valence-electron chi connectivity index (χ1n) is 6.85. The van der Waals surface area contributed by atoms with Crippen LogP contribution in [0, 0.1) is 0 Å². The summed E-state index contributed by atoms with van der Waals surface area (Å²) in [6, 6.07) is 6.70. The van der Waals surface area contributed by atoms with E-state index in [9.17, 15) is 18.0 Å². The van der Waals surface area contributed by atoms with Gasteiger partial charge in [-0.3, -0.25) is 9.59 Å². The second-order valence-corrected chi connectivity index (χ2v) is 7.85. The van der Waals surface area contributed by atoms with Gasteiger partial charge in [0.1, 0.15) is 6.42 Å². The Kier molecular flexibility index (Phi) is 5.42. The third-order valence-electron chi connectivity index (χ3n) is 3.35. The van der Waals surface area contributed by atoms with Gasteiger partial charge in [0, 0.05) is 17.6 Å². The van der Waals surface area contributed by atoms with Crippen LogP contribution < -0.4 is 10.6 Å². The topological polar surface area (TPSA) is 92.3 Å². The van der Waals surface area contributed by atoms with Crippen LogP contribution in [0.2, 0.25) is 5.02 Å². The van der Waals surface area contributed by atoms with Gasteiger partial charge in [0.15, 0.2) is 9.84 Å². The number of sulfone groups is 1. The lowest BCUT2D eigenvalue weighted by Gasteiger charge is -2.11. The van der Waals surface area contributed by atoms with Crippen LogP contribution in [0.5, 0.6) is 0 Å². The van der Waals surface area contributed by atoms with Crippen molar-refractivity contribution in [2.45, 2.75) is 25.4 Å². The summed E-state index contributed by atoms with van der Waals surface area (Å²) in [5.41, 5.74) is 0.764. The predicted octanol–water partition coefficient (Wildman–Crippen LogP) is 0.650. The van der Waals surface area contributed by atoms with Crippen LogP contribution in [-0.4, -0.2) is 37.8 Å². The number of halogens is 1. The molecule has 22 heavy (non-hydrogen) atoms. The van der Waals surface area contributed by atoms with Crippen molar-refractivity contribution in [3.63, 3.8) is 0 Å². The summed E-state index contributed by atoms with van der Waals surface area (Å²) in [6.07, 6.45) is 0.0658. The van der Waals surface area contributed by atoms with Gasteiger partial charge in [0.05, 0.1) is 11.5 Å². The summed E-state index contributed by atoms with van der Waals surface area (Å²) in [7, 11) is -3.05. The largest absolute Gasteiger partial charge is 0.352 e. The number of rotatable bonds is 5. The van der Waals surface area contributed by atoms with Gasteiger partial charge in [0.2, 0.25) is 11.8 Å². The van der Waals surface area contributed by atoms with E-state index in [1.165, 1.54) is 0 Å². The van der Waals surface area contributed by atoms with Crippen molar-refractivity contribution in [3.05, 3.63) is 34.9 Å². The van der Waals surface area contributed by atoms with E-state index in [-0.39, 0.29) is 24.5 Å². The standard InChI is InChI=1S/C14H17ClN2O4S/c15-12-4-2-1-3-10(12)8-16-13(18)7-14(19)17-11-5-6-22(20,21)9-11/h1-4,11H,5-9H2,(H,16,18)(H,17,19). The highest BCUT2D eigenvalue weighted by molar-refractivity contribution is 7.91. The average molecular weight is 345 g/mol. The molecule has 0 aromatic heterocycles. The molecule has 1 aliphatic rings. The van der Waals surface area contributed by atoms with Gasteiger partial charge < -0.3 is 10.6 Å². The Morgan fingerprint density at radius 2 is 1.95 bits per heavy atom. The SMILES string of the molecule is O=C(CC(=O)NC1CCS(=O)(=O)C1)NCc1ccccc1Cl. The van der Waals surface area contributed by atoms with Crippen LogP contribution >= 0.6 is 11.6 Å². The highest BCUT2D eigenvalue weighted by Gasteiger charge is 2.29. The second-order valence-electron chi connectivity index (χ2n) is 5.21. The average Bonchev–Trinajstić information content (AvgIpc) is 2.76. The Morgan fingerprint density at radius 1 is 1.23 bits per heavy atom. The molecule has 2 rings (SSSR count). The van der Waals surface area contributed by atoms with Gasteiger partial charge >= 0.3 is 0 Å². The maximum Gasteiger partial charge on any atom is 0.229 e. The smallest absolute Gasteiger partial charge is 0.229 e. The molecule has 1 aliphatic heterocycles. The Balaban J connectivity index is 1.75. The van der Waals surface area contributed by atoms with Gasteiger partial charge in [-0.2, -0.15) is 0 Å². The molecule has 1 aromatic carbocycles. The molecule has 1 saturated heterocycles. The maximum absolute atomic E-state index is 11.7. The Hall–Kier alpha value is -1.60. The molecule has 0 aliphatic carbocycles.